The van der Waals surface area contributed by atoms with Gasteiger partial charge in [0, 0.05) is 32.7 Å². The fraction of sp³-hybridized carbons (Fsp3) is 0.333. The summed E-state index contributed by atoms with van der Waals surface area (Å²) in [5.74, 6) is 0.819. The van der Waals surface area contributed by atoms with Crippen LogP contribution in [0.2, 0.25) is 0 Å². The highest BCUT2D eigenvalue weighted by Crippen LogP contribution is 2.26. The predicted molar refractivity (Wildman–Crippen MR) is 104 cm³/mol. The number of aromatic nitrogens is 2. The molecule has 0 amide bonds. The standard InChI is InChI=1S/C21H24N4O/c1-23-12-13-25(19(14-23)16-8-4-3-5-9-16)15-20-22-18-11-7-6-10-17(18)21(26)24(20)2/h3-11,19H,12-15H2,1-2H3/t19-/m1/s1. The highest BCUT2D eigenvalue weighted by Gasteiger charge is 2.27. The average Bonchev–Trinajstić information content (AvgIpc) is 2.68. The van der Waals surface area contributed by atoms with Gasteiger partial charge >= 0.3 is 0 Å². The molecule has 0 saturated carbocycles. The Hall–Kier alpha value is -2.50. The van der Waals surface area contributed by atoms with Gasteiger partial charge in [-0.2, -0.15) is 0 Å². The van der Waals surface area contributed by atoms with E-state index < -0.39 is 0 Å². The van der Waals surface area contributed by atoms with Gasteiger partial charge in [-0.15, -0.1) is 0 Å². The molecule has 0 aliphatic carbocycles. The number of fused-ring (bicyclic) bond motifs is 1. The Labute approximate surface area is 153 Å². The van der Waals surface area contributed by atoms with Crippen LogP contribution in [0.15, 0.2) is 59.4 Å². The lowest BCUT2D eigenvalue weighted by Crippen LogP contribution is -2.47. The van der Waals surface area contributed by atoms with Crippen molar-refractivity contribution in [3.8, 4) is 0 Å². The Bertz CT molecular complexity index is 967. The summed E-state index contributed by atoms with van der Waals surface area (Å²) < 4.78 is 1.70. The smallest absolute Gasteiger partial charge is 0.261 e. The minimum Gasteiger partial charge on any atom is -0.303 e. The van der Waals surface area contributed by atoms with Gasteiger partial charge in [0.25, 0.3) is 5.56 Å². The summed E-state index contributed by atoms with van der Waals surface area (Å²) in [6.45, 7) is 3.62. The van der Waals surface area contributed by atoms with Crippen molar-refractivity contribution in [2.75, 3.05) is 26.7 Å². The van der Waals surface area contributed by atoms with Crippen LogP contribution in [0, 0.1) is 0 Å². The Kier molecular flexibility index (Phi) is 4.57. The van der Waals surface area contributed by atoms with Gasteiger partial charge in [0.1, 0.15) is 5.82 Å². The first-order valence-electron chi connectivity index (χ1n) is 9.05. The number of hydrogen-bond acceptors (Lipinski definition) is 4. The third kappa shape index (κ3) is 3.16. The van der Waals surface area contributed by atoms with Crippen molar-refractivity contribution in [2.45, 2.75) is 12.6 Å². The molecule has 134 valence electrons. The molecule has 1 atom stereocenters. The maximum absolute atomic E-state index is 12.7. The number of nitrogens with zero attached hydrogens (tertiary/aromatic N) is 4. The predicted octanol–water partition coefficient (Wildman–Crippen LogP) is 2.42. The van der Waals surface area contributed by atoms with E-state index in [9.17, 15) is 4.79 Å². The molecule has 1 aliphatic heterocycles. The number of rotatable bonds is 3. The Balaban J connectivity index is 1.70. The van der Waals surface area contributed by atoms with Crippen LogP contribution >= 0.6 is 0 Å². The zero-order valence-electron chi connectivity index (χ0n) is 15.3. The van der Waals surface area contributed by atoms with Crippen molar-refractivity contribution in [3.05, 3.63) is 76.3 Å². The quantitative estimate of drug-likeness (QED) is 0.729. The normalized spacial score (nSPS) is 19.1. The molecule has 0 N–H and O–H groups in total. The Morgan fingerprint density at radius 1 is 1.00 bits per heavy atom. The van der Waals surface area contributed by atoms with Gasteiger partial charge in [-0.3, -0.25) is 14.3 Å². The van der Waals surface area contributed by atoms with E-state index in [0.717, 1.165) is 31.0 Å². The van der Waals surface area contributed by atoms with Gasteiger partial charge in [0.2, 0.25) is 0 Å². The Morgan fingerprint density at radius 3 is 2.54 bits per heavy atom. The number of hydrogen-bond donors (Lipinski definition) is 0. The fourth-order valence-electron chi connectivity index (χ4n) is 3.72. The molecule has 4 rings (SSSR count). The van der Waals surface area contributed by atoms with Crippen LogP contribution in [-0.2, 0) is 13.6 Å². The second-order valence-corrected chi connectivity index (χ2v) is 7.07. The number of para-hydroxylation sites is 1. The summed E-state index contributed by atoms with van der Waals surface area (Å²) in [5, 5.41) is 0.678. The Morgan fingerprint density at radius 2 is 1.73 bits per heavy atom. The second kappa shape index (κ2) is 7.02. The number of likely N-dealkylation sites (N-methyl/N-ethyl adjacent to an activating group) is 1. The zero-order valence-corrected chi connectivity index (χ0v) is 15.3. The monoisotopic (exact) mass is 348 g/mol. The van der Waals surface area contributed by atoms with Crippen molar-refractivity contribution < 1.29 is 0 Å². The zero-order chi connectivity index (χ0) is 18.1. The molecule has 0 bridgehead atoms. The topological polar surface area (TPSA) is 41.4 Å². The van der Waals surface area contributed by atoms with Crippen LogP contribution in [0.3, 0.4) is 0 Å². The molecule has 1 fully saturated rings. The van der Waals surface area contributed by atoms with Gasteiger partial charge in [-0.25, -0.2) is 4.98 Å². The van der Waals surface area contributed by atoms with E-state index in [1.165, 1.54) is 5.56 Å². The maximum Gasteiger partial charge on any atom is 0.261 e. The molecule has 1 saturated heterocycles. The number of benzene rings is 2. The van der Waals surface area contributed by atoms with Gasteiger partial charge in [0.15, 0.2) is 0 Å². The van der Waals surface area contributed by atoms with Gasteiger partial charge in [-0.1, -0.05) is 42.5 Å². The van der Waals surface area contributed by atoms with Crippen LogP contribution in [0.25, 0.3) is 10.9 Å². The second-order valence-electron chi connectivity index (χ2n) is 7.07. The number of piperazine rings is 1. The van der Waals surface area contributed by atoms with E-state index in [1.54, 1.807) is 4.57 Å². The van der Waals surface area contributed by atoms with E-state index in [-0.39, 0.29) is 5.56 Å². The molecule has 2 heterocycles. The summed E-state index contributed by atoms with van der Waals surface area (Å²) in [6.07, 6.45) is 0. The van der Waals surface area contributed by atoms with Crippen LogP contribution in [0.5, 0.6) is 0 Å². The van der Waals surface area contributed by atoms with Crippen molar-refractivity contribution in [3.63, 3.8) is 0 Å². The highest BCUT2D eigenvalue weighted by molar-refractivity contribution is 5.77. The minimum absolute atomic E-state index is 0.0241. The largest absolute Gasteiger partial charge is 0.303 e. The van der Waals surface area contributed by atoms with E-state index in [0.29, 0.717) is 18.0 Å². The van der Waals surface area contributed by atoms with Gasteiger partial charge < -0.3 is 4.90 Å². The average molecular weight is 348 g/mol. The van der Waals surface area contributed by atoms with Crippen LogP contribution in [-0.4, -0.2) is 46.0 Å². The lowest BCUT2D eigenvalue weighted by Gasteiger charge is -2.40. The highest BCUT2D eigenvalue weighted by atomic mass is 16.1. The van der Waals surface area contributed by atoms with Crippen molar-refractivity contribution in [2.24, 2.45) is 7.05 Å². The SMILES string of the molecule is CN1CCN(Cc2nc3ccccc3c(=O)n2C)[C@@H](c2ccccc2)C1. The van der Waals surface area contributed by atoms with Crippen LogP contribution in [0.4, 0.5) is 0 Å². The summed E-state index contributed by atoms with van der Waals surface area (Å²) in [7, 11) is 3.99. The summed E-state index contributed by atoms with van der Waals surface area (Å²) >= 11 is 0. The van der Waals surface area contributed by atoms with Gasteiger partial charge in [-0.05, 0) is 24.7 Å². The molecule has 26 heavy (non-hydrogen) atoms. The molecule has 5 nitrogen and oxygen atoms in total. The van der Waals surface area contributed by atoms with E-state index in [4.69, 9.17) is 4.98 Å². The maximum atomic E-state index is 12.7. The first-order chi connectivity index (χ1) is 12.6. The molecule has 1 aliphatic rings. The van der Waals surface area contributed by atoms with Crippen molar-refractivity contribution >= 4 is 10.9 Å². The van der Waals surface area contributed by atoms with Gasteiger partial charge in [0.05, 0.1) is 17.4 Å². The van der Waals surface area contributed by atoms with E-state index in [1.807, 2.05) is 31.3 Å². The molecule has 3 aromatic rings. The van der Waals surface area contributed by atoms with Crippen LogP contribution < -0.4 is 5.56 Å². The van der Waals surface area contributed by atoms with Crippen LogP contribution in [0.1, 0.15) is 17.4 Å². The molecule has 2 aromatic carbocycles. The lowest BCUT2D eigenvalue weighted by molar-refractivity contribution is 0.0800. The molecule has 0 spiro atoms. The first-order valence-corrected chi connectivity index (χ1v) is 9.05. The molecule has 0 radical (unpaired) electrons. The third-order valence-electron chi connectivity index (χ3n) is 5.30. The summed E-state index contributed by atoms with van der Waals surface area (Å²) in [4.78, 5) is 22.3. The lowest BCUT2D eigenvalue weighted by atomic mass is 10.0. The molecular weight excluding hydrogens is 324 g/mol. The summed E-state index contributed by atoms with van der Waals surface area (Å²) in [5.41, 5.74) is 2.11. The molecule has 5 heteroatoms. The first kappa shape index (κ1) is 16.9. The minimum atomic E-state index is 0.0241. The molecule has 1 aromatic heterocycles. The fourth-order valence-corrected chi connectivity index (χ4v) is 3.72. The third-order valence-corrected chi connectivity index (χ3v) is 5.30. The molecule has 0 unspecified atom stereocenters. The van der Waals surface area contributed by atoms with Crippen molar-refractivity contribution in [1.29, 1.82) is 0 Å². The molecular formula is C21H24N4O. The van der Waals surface area contributed by atoms with E-state index in [2.05, 4.69) is 47.2 Å². The van der Waals surface area contributed by atoms with E-state index >= 15 is 0 Å². The summed E-state index contributed by atoms with van der Waals surface area (Å²) in [6, 6.07) is 18.5. The van der Waals surface area contributed by atoms with Crippen molar-refractivity contribution in [1.82, 2.24) is 19.4 Å².